The fourth-order valence-corrected chi connectivity index (χ4v) is 0.526. The van der Waals surface area contributed by atoms with Crippen LogP contribution in [0.2, 0.25) is 0 Å². The van der Waals surface area contributed by atoms with Crippen LogP contribution in [0.15, 0.2) is 23.4 Å². The van der Waals surface area contributed by atoms with E-state index in [-0.39, 0.29) is 0 Å². The summed E-state index contributed by atoms with van der Waals surface area (Å²) in [5.74, 6) is 0. The normalized spacial score (nSPS) is 14.1. The van der Waals surface area contributed by atoms with E-state index in [0.29, 0.717) is 0 Å². The molecule has 0 aromatic carbocycles. The molecule has 0 atom stereocenters. The first kappa shape index (κ1) is 8.28. The van der Waals surface area contributed by atoms with Gasteiger partial charge in [-0.25, -0.2) is 0 Å². The Morgan fingerprint density at radius 3 is 2.44 bits per heavy atom. The topological polar surface area (TPSA) is 26.0 Å². The minimum absolute atomic E-state index is 0.903. The first-order valence-electron chi connectivity index (χ1n) is 3.30. The predicted octanol–water partition coefficient (Wildman–Crippen LogP) is 2.21. The number of nitrogens with two attached hydrogens (primary N) is 1. The SMILES string of the molecule is C/C=C\C(N)=C(/C)CC. The van der Waals surface area contributed by atoms with Crippen molar-refractivity contribution in [3.63, 3.8) is 0 Å². The minimum atomic E-state index is 0.903. The molecule has 0 aliphatic heterocycles. The molecular weight excluding hydrogens is 110 g/mol. The summed E-state index contributed by atoms with van der Waals surface area (Å²) < 4.78 is 0. The lowest BCUT2D eigenvalue weighted by molar-refractivity contribution is 1.06. The molecule has 0 aliphatic carbocycles. The van der Waals surface area contributed by atoms with Gasteiger partial charge >= 0.3 is 0 Å². The molecular formula is C8H15N. The van der Waals surface area contributed by atoms with E-state index in [1.807, 2.05) is 19.1 Å². The smallest absolute Gasteiger partial charge is 0.0299 e. The Morgan fingerprint density at radius 2 is 2.11 bits per heavy atom. The largest absolute Gasteiger partial charge is 0.399 e. The van der Waals surface area contributed by atoms with E-state index in [4.69, 9.17) is 5.73 Å². The molecule has 0 unspecified atom stereocenters. The molecule has 0 aromatic rings. The third kappa shape index (κ3) is 2.96. The molecule has 0 bridgehead atoms. The van der Waals surface area contributed by atoms with Gasteiger partial charge in [-0.2, -0.15) is 0 Å². The van der Waals surface area contributed by atoms with Crippen LogP contribution in [0.5, 0.6) is 0 Å². The van der Waals surface area contributed by atoms with Gasteiger partial charge < -0.3 is 5.73 Å². The van der Waals surface area contributed by atoms with Crippen molar-refractivity contribution in [1.29, 1.82) is 0 Å². The highest BCUT2D eigenvalue weighted by atomic mass is 14.6. The Morgan fingerprint density at radius 1 is 1.56 bits per heavy atom. The third-order valence-corrected chi connectivity index (χ3v) is 1.37. The van der Waals surface area contributed by atoms with Crippen molar-refractivity contribution in [2.24, 2.45) is 5.73 Å². The van der Waals surface area contributed by atoms with Gasteiger partial charge in [-0.1, -0.05) is 18.6 Å². The summed E-state index contributed by atoms with van der Waals surface area (Å²) >= 11 is 0. The number of hydrogen-bond donors (Lipinski definition) is 1. The lowest BCUT2D eigenvalue weighted by atomic mass is 10.2. The van der Waals surface area contributed by atoms with E-state index in [9.17, 15) is 0 Å². The Bertz CT molecular complexity index is 132. The maximum absolute atomic E-state index is 5.63. The van der Waals surface area contributed by atoms with E-state index in [1.165, 1.54) is 5.57 Å². The van der Waals surface area contributed by atoms with Crippen molar-refractivity contribution in [3.05, 3.63) is 23.4 Å². The van der Waals surface area contributed by atoms with Crippen molar-refractivity contribution in [2.75, 3.05) is 0 Å². The average molecular weight is 125 g/mol. The lowest BCUT2D eigenvalue weighted by Crippen LogP contribution is -1.96. The van der Waals surface area contributed by atoms with Gasteiger partial charge in [0.15, 0.2) is 0 Å². The monoisotopic (exact) mass is 125 g/mol. The summed E-state index contributed by atoms with van der Waals surface area (Å²) in [7, 11) is 0. The summed E-state index contributed by atoms with van der Waals surface area (Å²) in [5.41, 5.74) is 7.79. The second kappa shape index (κ2) is 4.19. The summed E-state index contributed by atoms with van der Waals surface area (Å²) in [4.78, 5) is 0. The lowest BCUT2D eigenvalue weighted by Gasteiger charge is -1.97. The van der Waals surface area contributed by atoms with Crippen LogP contribution >= 0.6 is 0 Å². The third-order valence-electron chi connectivity index (χ3n) is 1.37. The molecule has 52 valence electrons. The van der Waals surface area contributed by atoms with Crippen LogP contribution in [0.25, 0.3) is 0 Å². The first-order valence-corrected chi connectivity index (χ1v) is 3.30. The maximum Gasteiger partial charge on any atom is 0.0299 e. The summed E-state index contributed by atoms with van der Waals surface area (Å²) in [6.45, 7) is 6.12. The average Bonchev–Trinajstić information content (AvgIpc) is 1.87. The Kier molecular flexibility index (Phi) is 3.85. The zero-order chi connectivity index (χ0) is 7.28. The molecule has 0 heterocycles. The molecule has 0 radical (unpaired) electrons. The molecule has 0 fully saturated rings. The molecule has 0 saturated heterocycles. The predicted molar refractivity (Wildman–Crippen MR) is 42.0 cm³/mol. The van der Waals surface area contributed by atoms with Crippen LogP contribution < -0.4 is 5.73 Å². The fourth-order valence-electron chi connectivity index (χ4n) is 0.526. The van der Waals surface area contributed by atoms with E-state index >= 15 is 0 Å². The zero-order valence-electron chi connectivity index (χ0n) is 6.44. The van der Waals surface area contributed by atoms with E-state index < -0.39 is 0 Å². The van der Waals surface area contributed by atoms with Gasteiger partial charge in [0, 0.05) is 5.70 Å². The molecule has 0 rings (SSSR count). The van der Waals surface area contributed by atoms with Crippen molar-refractivity contribution < 1.29 is 0 Å². The first-order chi connectivity index (χ1) is 4.22. The molecule has 0 amide bonds. The highest BCUT2D eigenvalue weighted by Crippen LogP contribution is 2.02. The van der Waals surface area contributed by atoms with Crippen molar-refractivity contribution in [3.8, 4) is 0 Å². The standard InChI is InChI=1S/C8H15N/c1-4-6-8(9)7(3)5-2/h4,6H,5,9H2,1-3H3/b6-4-,8-7-. The van der Waals surface area contributed by atoms with Gasteiger partial charge in [0.2, 0.25) is 0 Å². The zero-order valence-corrected chi connectivity index (χ0v) is 6.44. The van der Waals surface area contributed by atoms with Crippen LogP contribution in [0.1, 0.15) is 27.2 Å². The number of hydrogen-bond acceptors (Lipinski definition) is 1. The summed E-state index contributed by atoms with van der Waals surface area (Å²) in [6, 6.07) is 0. The van der Waals surface area contributed by atoms with Gasteiger partial charge in [0.1, 0.15) is 0 Å². The minimum Gasteiger partial charge on any atom is -0.399 e. The molecule has 1 heteroatoms. The van der Waals surface area contributed by atoms with Gasteiger partial charge in [-0.15, -0.1) is 0 Å². The highest BCUT2D eigenvalue weighted by Gasteiger charge is 1.87. The second-order valence-electron chi connectivity index (χ2n) is 2.09. The van der Waals surface area contributed by atoms with Gasteiger partial charge in [0.25, 0.3) is 0 Å². The maximum atomic E-state index is 5.63. The van der Waals surface area contributed by atoms with Crippen LogP contribution in [0.3, 0.4) is 0 Å². The highest BCUT2D eigenvalue weighted by molar-refractivity contribution is 5.20. The van der Waals surface area contributed by atoms with E-state index in [1.54, 1.807) is 0 Å². The molecule has 1 nitrogen and oxygen atoms in total. The molecule has 0 aromatic heterocycles. The van der Waals surface area contributed by atoms with Crippen LogP contribution in [-0.2, 0) is 0 Å². The van der Waals surface area contributed by atoms with Crippen molar-refractivity contribution >= 4 is 0 Å². The summed E-state index contributed by atoms with van der Waals surface area (Å²) in [5, 5.41) is 0. The molecule has 9 heavy (non-hydrogen) atoms. The number of rotatable bonds is 2. The van der Waals surface area contributed by atoms with Crippen LogP contribution in [-0.4, -0.2) is 0 Å². The van der Waals surface area contributed by atoms with Gasteiger partial charge in [-0.05, 0) is 26.3 Å². The Balaban J connectivity index is 4.10. The van der Waals surface area contributed by atoms with E-state index in [0.717, 1.165) is 12.1 Å². The van der Waals surface area contributed by atoms with Gasteiger partial charge in [-0.3, -0.25) is 0 Å². The Labute approximate surface area is 57.3 Å². The second-order valence-corrected chi connectivity index (χ2v) is 2.09. The van der Waals surface area contributed by atoms with Crippen molar-refractivity contribution in [1.82, 2.24) is 0 Å². The molecule has 0 aliphatic rings. The Hall–Kier alpha value is -0.720. The molecule has 2 N–H and O–H groups in total. The van der Waals surface area contributed by atoms with Crippen LogP contribution in [0.4, 0.5) is 0 Å². The molecule has 0 spiro atoms. The van der Waals surface area contributed by atoms with E-state index in [2.05, 4.69) is 13.8 Å². The molecule has 0 saturated carbocycles. The van der Waals surface area contributed by atoms with Gasteiger partial charge in [0.05, 0.1) is 0 Å². The fraction of sp³-hybridized carbons (Fsp3) is 0.500. The number of allylic oxidation sites excluding steroid dienone is 3. The quantitative estimate of drug-likeness (QED) is 0.562. The van der Waals surface area contributed by atoms with Crippen LogP contribution in [0, 0.1) is 0 Å². The summed E-state index contributed by atoms with van der Waals surface area (Å²) in [6.07, 6.45) is 4.92. The van der Waals surface area contributed by atoms with Crippen molar-refractivity contribution in [2.45, 2.75) is 27.2 Å².